The molecule has 2 rings (SSSR count). The number of rotatable bonds is 4. The van der Waals surface area contributed by atoms with Crippen molar-refractivity contribution in [1.29, 1.82) is 0 Å². The van der Waals surface area contributed by atoms with Gasteiger partial charge in [0, 0.05) is 18.3 Å². The van der Waals surface area contributed by atoms with Crippen molar-refractivity contribution in [1.82, 2.24) is 15.2 Å². The van der Waals surface area contributed by atoms with Crippen LogP contribution in [0.1, 0.15) is 12.5 Å². The van der Waals surface area contributed by atoms with E-state index in [-0.39, 0.29) is 6.54 Å². The fraction of sp³-hybridized carbons (Fsp3) is 0.529. The highest BCUT2D eigenvalue weighted by Gasteiger charge is 2.49. The third-order valence-electron chi connectivity index (χ3n) is 4.23. The lowest BCUT2D eigenvalue weighted by Gasteiger charge is -2.47. The SMILES string of the molecule is CCNC(=O)[C@@H]1[C@@H](O)[C@@H](O)[C@H](O)[C@@H](CO)N1CC#Cc1ccc(F)nc1. The predicted molar refractivity (Wildman–Crippen MR) is 89.1 cm³/mol. The van der Waals surface area contributed by atoms with Gasteiger partial charge in [0.25, 0.3) is 0 Å². The van der Waals surface area contributed by atoms with E-state index in [0.29, 0.717) is 12.1 Å². The van der Waals surface area contributed by atoms with Gasteiger partial charge >= 0.3 is 0 Å². The average molecular weight is 367 g/mol. The number of nitrogens with zero attached hydrogens (tertiary/aromatic N) is 2. The van der Waals surface area contributed by atoms with E-state index in [0.717, 1.165) is 6.07 Å². The van der Waals surface area contributed by atoms with Crippen molar-refractivity contribution in [3.8, 4) is 11.8 Å². The molecule has 0 aromatic carbocycles. The molecule has 1 saturated heterocycles. The number of carbonyl (C=O) groups is 1. The lowest BCUT2D eigenvalue weighted by molar-refractivity contribution is -0.176. The Morgan fingerprint density at radius 3 is 2.62 bits per heavy atom. The standard InChI is InChI=1S/C17H22FN3O5/c1-2-19-17(26)13-15(24)16(25)14(23)11(9-22)21(13)7-3-4-10-5-6-12(18)20-8-10/h5-6,8,11,13-16,22-25H,2,7,9H2,1H3,(H,19,26)/t11-,13+,14-,15-,16+/m1/s1. The minimum atomic E-state index is -1.58. The fourth-order valence-electron chi connectivity index (χ4n) is 2.91. The Kier molecular flexibility index (Phi) is 7.02. The fourth-order valence-corrected chi connectivity index (χ4v) is 2.91. The van der Waals surface area contributed by atoms with Crippen LogP contribution in [0.25, 0.3) is 0 Å². The van der Waals surface area contributed by atoms with Crippen molar-refractivity contribution in [3.05, 3.63) is 29.8 Å². The molecule has 1 aliphatic heterocycles. The highest BCUT2D eigenvalue weighted by molar-refractivity contribution is 5.82. The number of pyridine rings is 1. The minimum Gasteiger partial charge on any atom is -0.395 e. The zero-order chi connectivity index (χ0) is 19.3. The van der Waals surface area contributed by atoms with Gasteiger partial charge in [-0.2, -0.15) is 4.39 Å². The number of hydrogen-bond acceptors (Lipinski definition) is 7. The van der Waals surface area contributed by atoms with E-state index in [1.165, 1.54) is 17.2 Å². The summed E-state index contributed by atoms with van der Waals surface area (Å²) in [5, 5.41) is 42.5. The van der Waals surface area contributed by atoms with Crippen LogP contribution < -0.4 is 5.32 Å². The molecule has 0 unspecified atom stereocenters. The second-order valence-corrected chi connectivity index (χ2v) is 5.90. The van der Waals surface area contributed by atoms with E-state index in [4.69, 9.17) is 0 Å². The molecule has 26 heavy (non-hydrogen) atoms. The lowest BCUT2D eigenvalue weighted by atomic mass is 9.87. The molecule has 8 nitrogen and oxygen atoms in total. The molecule has 0 bridgehead atoms. The minimum absolute atomic E-state index is 0.0781. The summed E-state index contributed by atoms with van der Waals surface area (Å²) in [5.41, 5.74) is 0.444. The summed E-state index contributed by atoms with van der Waals surface area (Å²) in [6.07, 6.45) is -3.33. The summed E-state index contributed by atoms with van der Waals surface area (Å²) in [5.74, 6) is 4.31. The van der Waals surface area contributed by atoms with Gasteiger partial charge < -0.3 is 25.7 Å². The van der Waals surface area contributed by atoms with Crippen LogP contribution in [0.5, 0.6) is 0 Å². The number of hydrogen-bond donors (Lipinski definition) is 5. The number of halogens is 1. The molecule has 9 heteroatoms. The summed E-state index contributed by atoms with van der Waals surface area (Å²) in [6, 6.07) is 0.417. The Balaban J connectivity index is 2.26. The van der Waals surface area contributed by atoms with Crippen LogP contribution in [0.15, 0.2) is 18.3 Å². The summed E-state index contributed by atoms with van der Waals surface area (Å²) in [4.78, 5) is 17.1. The Bertz CT molecular complexity index is 675. The van der Waals surface area contributed by atoms with Gasteiger partial charge in [0.1, 0.15) is 24.4 Å². The summed E-state index contributed by atoms with van der Waals surface area (Å²) in [7, 11) is 0. The molecule has 1 aromatic rings. The van der Waals surface area contributed by atoms with E-state index in [2.05, 4.69) is 22.1 Å². The first-order valence-corrected chi connectivity index (χ1v) is 8.19. The Morgan fingerprint density at radius 2 is 2.04 bits per heavy atom. The van der Waals surface area contributed by atoms with Gasteiger partial charge in [-0.3, -0.25) is 9.69 Å². The molecule has 0 spiro atoms. The second kappa shape index (κ2) is 9.02. The van der Waals surface area contributed by atoms with Crippen LogP contribution >= 0.6 is 0 Å². The van der Waals surface area contributed by atoms with Gasteiger partial charge in [0.05, 0.1) is 19.2 Å². The normalized spacial score (nSPS) is 28.9. The monoisotopic (exact) mass is 367 g/mol. The number of aliphatic hydroxyl groups excluding tert-OH is 4. The molecule has 0 radical (unpaired) electrons. The first-order valence-electron chi connectivity index (χ1n) is 8.19. The zero-order valence-corrected chi connectivity index (χ0v) is 14.2. The molecule has 142 valence electrons. The zero-order valence-electron chi connectivity index (χ0n) is 14.2. The second-order valence-electron chi connectivity index (χ2n) is 5.90. The van der Waals surface area contributed by atoms with Crippen LogP contribution in [0.4, 0.5) is 4.39 Å². The first kappa shape index (κ1) is 20.2. The number of piperidine rings is 1. The largest absolute Gasteiger partial charge is 0.395 e. The van der Waals surface area contributed by atoms with Gasteiger partial charge in [-0.25, -0.2) is 4.98 Å². The molecular formula is C17H22FN3O5. The Hall–Kier alpha value is -2.09. The molecular weight excluding hydrogens is 345 g/mol. The van der Waals surface area contributed by atoms with E-state index in [9.17, 15) is 29.6 Å². The number of aliphatic hydroxyl groups is 4. The van der Waals surface area contributed by atoms with E-state index in [1.807, 2.05) is 0 Å². The predicted octanol–water partition coefficient (Wildman–Crippen LogP) is -2.16. The van der Waals surface area contributed by atoms with Gasteiger partial charge in [0.15, 0.2) is 0 Å². The van der Waals surface area contributed by atoms with Crippen molar-refractivity contribution in [2.24, 2.45) is 0 Å². The van der Waals surface area contributed by atoms with Gasteiger partial charge in [-0.15, -0.1) is 0 Å². The molecule has 5 N–H and O–H groups in total. The van der Waals surface area contributed by atoms with Crippen molar-refractivity contribution in [3.63, 3.8) is 0 Å². The molecule has 0 saturated carbocycles. The van der Waals surface area contributed by atoms with Gasteiger partial charge in [-0.1, -0.05) is 11.8 Å². The molecule has 2 heterocycles. The lowest BCUT2D eigenvalue weighted by Crippen LogP contribution is -2.70. The maximum Gasteiger partial charge on any atom is 0.240 e. The topological polar surface area (TPSA) is 126 Å². The van der Waals surface area contributed by atoms with Crippen molar-refractivity contribution in [2.75, 3.05) is 19.7 Å². The highest BCUT2D eigenvalue weighted by Crippen LogP contribution is 2.24. The highest BCUT2D eigenvalue weighted by atomic mass is 19.1. The quantitative estimate of drug-likeness (QED) is 0.303. The van der Waals surface area contributed by atoms with Crippen LogP contribution in [0, 0.1) is 17.8 Å². The average Bonchev–Trinajstić information content (AvgIpc) is 2.62. The number of nitrogens with one attached hydrogen (secondary N) is 1. The Labute approximate surface area is 150 Å². The van der Waals surface area contributed by atoms with Crippen LogP contribution in [-0.4, -0.2) is 86.3 Å². The van der Waals surface area contributed by atoms with E-state index >= 15 is 0 Å². The van der Waals surface area contributed by atoms with E-state index < -0.39 is 48.9 Å². The van der Waals surface area contributed by atoms with Crippen molar-refractivity contribution >= 4 is 5.91 Å². The Morgan fingerprint density at radius 1 is 1.31 bits per heavy atom. The maximum absolute atomic E-state index is 12.8. The van der Waals surface area contributed by atoms with Crippen molar-refractivity contribution < 1.29 is 29.6 Å². The molecule has 1 amide bonds. The van der Waals surface area contributed by atoms with Gasteiger partial charge in [-0.05, 0) is 19.1 Å². The number of carbonyl (C=O) groups excluding carboxylic acids is 1. The smallest absolute Gasteiger partial charge is 0.240 e. The third kappa shape index (κ3) is 4.35. The van der Waals surface area contributed by atoms with Crippen LogP contribution in [-0.2, 0) is 4.79 Å². The molecule has 0 aliphatic carbocycles. The van der Waals surface area contributed by atoms with Crippen molar-refractivity contribution in [2.45, 2.75) is 37.3 Å². The molecule has 1 aromatic heterocycles. The number of likely N-dealkylation sites (tertiary alicyclic amines) is 1. The number of aromatic nitrogens is 1. The maximum atomic E-state index is 12.8. The van der Waals surface area contributed by atoms with Gasteiger partial charge in [0.2, 0.25) is 11.9 Å². The summed E-state index contributed by atoms with van der Waals surface area (Å²) < 4.78 is 12.8. The third-order valence-corrected chi connectivity index (χ3v) is 4.23. The summed E-state index contributed by atoms with van der Waals surface area (Å²) in [6.45, 7) is 1.39. The number of amides is 1. The molecule has 1 fully saturated rings. The van der Waals surface area contributed by atoms with Crippen LogP contribution in [0.3, 0.4) is 0 Å². The van der Waals surface area contributed by atoms with E-state index in [1.54, 1.807) is 6.92 Å². The molecule has 1 aliphatic rings. The summed E-state index contributed by atoms with van der Waals surface area (Å²) >= 11 is 0. The first-order chi connectivity index (χ1) is 12.4. The number of likely N-dealkylation sites (N-methyl/N-ethyl adjacent to an activating group) is 1. The van der Waals surface area contributed by atoms with Crippen LogP contribution in [0.2, 0.25) is 0 Å². The molecule has 5 atom stereocenters.